The van der Waals surface area contributed by atoms with Crippen molar-refractivity contribution < 1.29 is 9.47 Å². The van der Waals surface area contributed by atoms with Gasteiger partial charge in [0.1, 0.15) is 0 Å². The highest BCUT2D eigenvalue weighted by Crippen LogP contribution is 1.92. The van der Waals surface area contributed by atoms with E-state index in [2.05, 4.69) is 0 Å². The molecule has 50 valence electrons. The average molecular weight is 139 g/mol. The van der Waals surface area contributed by atoms with Gasteiger partial charge in [-0.05, 0) is 0 Å². The monoisotopic (exact) mass is 138 g/mol. The molecular formula is C5H11ClO2. The van der Waals surface area contributed by atoms with Crippen molar-refractivity contribution in [3.63, 3.8) is 0 Å². The predicted octanol–water partition coefficient (Wildman–Crippen LogP) is 0.887. The average Bonchev–Trinajstić information content (AvgIpc) is 1.83. The van der Waals surface area contributed by atoms with Gasteiger partial charge < -0.3 is 9.47 Å². The van der Waals surface area contributed by atoms with Crippen LogP contribution in [0.3, 0.4) is 0 Å². The van der Waals surface area contributed by atoms with E-state index < -0.39 is 0 Å². The number of methoxy groups -OCH3 is 2. The van der Waals surface area contributed by atoms with Crippen LogP contribution in [0.15, 0.2) is 0 Å². The Kier molecular flexibility index (Phi) is 5.49. The van der Waals surface area contributed by atoms with Gasteiger partial charge in [-0.15, -0.1) is 11.6 Å². The van der Waals surface area contributed by atoms with Gasteiger partial charge in [-0.1, -0.05) is 0 Å². The van der Waals surface area contributed by atoms with Crippen molar-refractivity contribution >= 4 is 11.6 Å². The highest BCUT2D eigenvalue weighted by Gasteiger charge is 2.01. The summed E-state index contributed by atoms with van der Waals surface area (Å²) in [5, 5.41) is 0. The summed E-state index contributed by atoms with van der Waals surface area (Å²) in [7, 11) is 3.24. The fourth-order valence-corrected chi connectivity index (χ4v) is 0.577. The third-order valence-corrected chi connectivity index (χ3v) is 1.20. The quantitative estimate of drug-likeness (QED) is 0.538. The predicted molar refractivity (Wildman–Crippen MR) is 33.4 cm³/mol. The molecule has 0 aromatic heterocycles. The molecule has 3 heteroatoms. The molecule has 0 aliphatic rings. The first-order chi connectivity index (χ1) is 3.85. The minimum Gasteiger partial charge on any atom is -0.382 e. The molecule has 0 amide bonds. The lowest BCUT2D eigenvalue weighted by Gasteiger charge is -2.08. The molecule has 0 heterocycles. The molecule has 8 heavy (non-hydrogen) atoms. The Morgan fingerprint density at radius 2 is 2.12 bits per heavy atom. The molecule has 0 spiro atoms. The van der Waals surface area contributed by atoms with Crippen LogP contribution < -0.4 is 0 Å². The molecule has 0 aliphatic carbocycles. The van der Waals surface area contributed by atoms with Crippen molar-refractivity contribution in [1.29, 1.82) is 0 Å². The van der Waals surface area contributed by atoms with Gasteiger partial charge in [0.2, 0.25) is 0 Å². The second-order valence-corrected chi connectivity index (χ2v) is 1.78. The highest BCUT2D eigenvalue weighted by molar-refractivity contribution is 6.18. The smallest absolute Gasteiger partial charge is 0.0939 e. The van der Waals surface area contributed by atoms with E-state index in [9.17, 15) is 0 Å². The Morgan fingerprint density at radius 1 is 1.50 bits per heavy atom. The molecule has 0 radical (unpaired) electrons. The van der Waals surface area contributed by atoms with Crippen molar-refractivity contribution in [3.05, 3.63) is 0 Å². The summed E-state index contributed by atoms with van der Waals surface area (Å²) in [5.41, 5.74) is 0. The molecule has 2 nitrogen and oxygen atoms in total. The largest absolute Gasteiger partial charge is 0.382 e. The number of ether oxygens (including phenoxy) is 2. The minimum atomic E-state index is 0.0432. The van der Waals surface area contributed by atoms with E-state index in [0.717, 1.165) is 0 Å². The van der Waals surface area contributed by atoms with Gasteiger partial charge in [-0.3, -0.25) is 0 Å². The van der Waals surface area contributed by atoms with Gasteiger partial charge >= 0.3 is 0 Å². The fraction of sp³-hybridized carbons (Fsp3) is 1.00. The highest BCUT2D eigenvalue weighted by atomic mass is 35.5. The fourth-order valence-electron chi connectivity index (χ4n) is 0.361. The van der Waals surface area contributed by atoms with E-state index in [1.165, 1.54) is 0 Å². The first-order valence-corrected chi connectivity index (χ1v) is 2.96. The van der Waals surface area contributed by atoms with Crippen LogP contribution in [0.5, 0.6) is 0 Å². The third kappa shape index (κ3) is 3.24. The maximum Gasteiger partial charge on any atom is 0.0939 e. The van der Waals surface area contributed by atoms with Crippen LogP contribution >= 0.6 is 11.6 Å². The summed E-state index contributed by atoms with van der Waals surface area (Å²) in [4.78, 5) is 0. The van der Waals surface area contributed by atoms with Crippen LogP contribution in [0.2, 0.25) is 0 Å². The van der Waals surface area contributed by atoms with Gasteiger partial charge in [-0.25, -0.2) is 0 Å². The zero-order chi connectivity index (χ0) is 6.41. The number of hydrogen-bond donors (Lipinski definition) is 0. The van der Waals surface area contributed by atoms with Crippen molar-refractivity contribution in [2.24, 2.45) is 0 Å². The van der Waals surface area contributed by atoms with E-state index in [4.69, 9.17) is 21.1 Å². The second kappa shape index (κ2) is 5.35. The van der Waals surface area contributed by atoms with Gasteiger partial charge in [0.25, 0.3) is 0 Å². The van der Waals surface area contributed by atoms with Crippen LogP contribution in [0.1, 0.15) is 0 Å². The van der Waals surface area contributed by atoms with Crippen molar-refractivity contribution in [2.75, 3.05) is 26.7 Å². The molecule has 1 atom stereocenters. The molecule has 0 aromatic carbocycles. The zero-order valence-corrected chi connectivity index (χ0v) is 5.94. The van der Waals surface area contributed by atoms with E-state index in [-0.39, 0.29) is 6.10 Å². The molecule has 0 saturated carbocycles. The summed E-state index contributed by atoms with van der Waals surface area (Å²) < 4.78 is 9.66. The van der Waals surface area contributed by atoms with Gasteiger partial charge in [-0.2, -0.15) is 0 Å². The molecule has 0 saturated heterocycles. The third-order valence-electron chi connectivity index (χ3n) is 0.858. The van der Waals surface area contributed by atoms with E-state index in [0.29, 0.717) is 12.5 Å². The van der Waals surface area contributed by atoms with Gasteiger partial charge in [0.15, 0.2) is 0 Å². The summed E-state index contributed by atoms with van der Waals surface area (Å²) in [5.74, 6) is 0.490. The molecule has 0 aromatic rings. The number of alkyl halides is 1. The SMILES string of the molecule is COC[C@@H](CCl)OC. The maximum atomic E-state index is 5.44. The summed E-state index contributed by atoms with van der Waals surface area (Å²) in [6.45, 7) is 0.569. The Morgan fingerprint density at radius 3 is 2.25 bits per heavy atom. The Bertz CT molecular complexity index is 45.7. The molecule has 0 rings (SSSR count). The van der Waals surface area contributed by atoms with Crippen molar-refractivity contribution in [3.8, 4) is 0 Å². The molecule has 0 N–H and O–H groups in total. The van der Waals surface area contributed by atoms with Gasteiger partial charge in [0, 0.05) is 14.2 Å². The molecule has 0 bridgehead atoms. The lowest BCUT2D eigenvalue weighted by Crippen LogP contribution is -2.18. The maximum absolute atomic E-state index is 5.44. The molecule has 0 fully saturated rings. The van der Waals surface area contributed by atoms with E-state index >= 15 is 0 Å². The first kappa shape index (κ1) is 8.21. The van der Waals surface area contributed by atoms with Crippen LogP contribution in [0, 0.1) is 0 Å². The molecule has 0 unspecified atom stereocenters. The summed E-state index contributed by atoms with van der Waals surface area (Å²) in [6.07, 6.45) is 0.0432. The van der Waals surface area contributed by atoms with Crippen LogP contribution in [0.4, 0.5) is 0 Å². The second-order valence-electron chi connectivity index (χ2n) is 1.47. The van der Waals surface area contributed by atoms with Crippen LogP contribution in [-0.4, -0.2) is 32.8 Å². The normalized spacial score (nSPS) is 13.9. The number of hydrogen-bond acceptors (Lipinski definition) is 2. The van der Waals surface area contributed by atoms with Gasteiger partial charge in [0.05, 0.1) is 18.6 Å². The first-order valence-electron chi connectivity index (χ1n) is 2.42. The zero-order valence-electron chi connectivity index (χ0n) is 5.19. The van der Waals surface area contributed by atoms with Crippen LogP contribution in [0.25, 0.3) is 0 Å². The van der Waals surface area contributed by atoms with Crippen molar-refractivity contribution in [2.45, 2.75) is 6.10 Å². The van der Waals surface area contributed by atoms with E-state index in [1.54, 1.807) is 14.2 Å². The Labute approximate surface area is 54.7 Å². The summed E-state index contributed by atoms with van der Waals surface area (Å²) in [6, 6.07) is 0. The van der Waals surface area contributed by atoms with E-state index in [1.807, 2.05) is 0 Å². The van der Waals surface area contributed by atoms with Crippen molar-refractivity contribution in [1.82, 2.24) is 0 Å². The number of halogens is 1. The topological polar surface area (TPSA) is 18.5 Å². The minimum absolute atomic E-state index is 0.0432. The van der Waals surface area contributed by atoms with Crippen LogP contribution in [-0.2, 0) is 9.47 Å². The standard InChI is InChI=1S/C5H11ClO2/c1-7-4-5(3-6)8-2/h5H,3-4H2,1-2H3/t5-/m1/s1. The molecule has 0 aliphatic heterocycles. The molecular weight excluding hydrogens is 128 g/mol. The lowest BCUT2D eigenvalue weighted by atomic mass is 10.4. The Hall–Kier alpha value is 0.210. The number of rotatable bonds is 4. The Balaban J connectivity index is 3.07. The lowest BCUT2D eigenvalue weighted by molar-refractivity contribution is 0.0422. The summed E-state index contributed by atoms with van der Waals surface area (Å²) >= 11 is 5.44.